The number of amides is 1. The van der Waals surface area contributed by atoms with Crippen molar-refractivity contribution in [3.63, 3.8) is 0 Å². The van der Waals surface area contributed by atoms with Gasteiger partial charge in [0.15, 0.2) is 5.96 Å². The fourth-order valence-corrected chi connectivity index (χ4v) is 1.97. The number of benzene rings is 1. The minimum absolute atomic E-state index is 0. The summed E-state index contributed by atoms with van der Waals surface area (Å²) in [5.74, 6) is 1.56. The van der Waals surface area contributed by atoms with Gasteiger partial charge in [0, 0.05) is 25.6 Å². The lowest BCUT2D eigenvalue weighted by molar-refractivity contribution is -0.121. The van der Waals surface area contributed by atoms with Gasteiger partial charge in [-0.05, 0) is 38.5 Å². The third-order valence-corrected chi connectivity index (χ3v) is 2.99. The number of carbonyl (C=O) groups is 1. The Hall–Kier alpha value is -1.51. The molecule has 0 saturated carbocycles. The van der Waals surface area contributed by atoms with E-state index in [-0.39, 0.29) is 35.9 Å². The van der Waals surface area contributed by atoms with Gasteiger partial charge in [0.2, 0.25) is 5.91 Å². The SMILES string of the molecule is CCNC(=NCc1cccc(OC)c1)NCCC(=O)NC(C)C.I. The van der Waals surface area contributed by atoms with Crippen molar-refractivity contribution >= 4 is 35.8 Å². The number of rotatable bonds is 8. The van der Waals surface area contributed by atoms with Crippen molar-refractivity contribution in [3.8, 4) is 5.75 Å². The molecule has 1 amide bonds. The van der Waals surface area contributed by atoms with Gasteiger partial charge in [-0.15, -0.1) is 24.0 Å². The number of nitrogens with zero attached hydrogens (tertiary/aromatic N) is 1. The van der Waals surface area contributed by atoms with E-state index in [1.54, 1.807) is 7.11 Å². The minimum atomic E-state index is 0. The van der Waals surface area contributed by atoms with Crippen molar-refractivity contribution in [1.29, 1.82) is 0 Å². The maximum atomic E-state index is 11.6. The Balaban J connectivity index is 0.00000529. The summed E-state index contributed by atoms with van der Waals surface area (Å²) in [6.45, 7) is 7.76. The van der Waals surface area contributed by atoms with E-state index in [1.165, 1.54) is 0 Å². The first-order chi connectivity index (χ1) is 11.0. The summed E-state index contributed by atoms with van der Waals surface area (Å²) >= 11 is 0. The number of methoxy groups -OCH3 is 1. The highest BCUT2D eigenvalue weighted by atomic mass is 127. The van der Waals surface area contributed by atoms with Crippen molar-refractivity contribution in [2.24, 2.45) is 4.99 Å². The summed E-state index contributed by atoms with van der Waals surface area (Å²) in [5, 5.41) is 9.21. The van der Waals surface area contributed by atoms with E-state index < -0.39 is 0 Å². The van der Waals surface area contributed by atoms with Crippen LogP contribution >= 0.6 is 24.0 Å². The quantitative estimate of drug-likeness (QED) is 0.324. The Morgan fingerprint density at radius 3 is 2.67 bits per heavy atom. The van der Waals surface area contributed by atoms with Crippen LogP contribution in [0, 0.1) is 0 Å². The summed E-state index contributed by atoms with van der Waals surface area (Å²) in [5.41, 5.74) is 1.07. The second-order valence-electron chi connectivity index (χ2n) is 5.45. The zero-order valence-electron chi connectivity index (χ0n) is 14.9. The van der Waals surface area contributed by atoms with Crippen molar-refractivity contribution in [1.82, 2.24) is 16.0 Å². The van der Waals surface area contributed by atoms with E-state index >= 15 is 0 Å². The van der Waals surface area contributed by atoms with Crippen molar-refractivity contribution < 1.29 is 9.53 Å². The minimum Gasteiger partial charge on any atom is -0.497 e. The molecule has 1 aromatic carbocycles. The number of carbonyl (C=O) groups excluding carboxylic acids is 1. The van der Waals surface area contributed by atoms with Gasteiger partial charge in [0.1, 0.15) is 5.75 Å². The maximum absolute atomic E-state index is 11.6. The summed E-state index contributed by atoms with van der Waals surface area (Å²) in [6, 6.07) is 7.98. The molecule has 0 saturated heterocycles. The van der Waals surface area contributed by atoms with Gasteiger partial charge in [-0.25, -0.2) is 4.99 Å². The van der Waals surface area contributed by atoms with E-state index in [2.05, 4.69) is 20.9 Å². The molecular formula is C17H29IN4O2. The lowest BCUT2D eigenvalue weighted by atomic mass is 10.2. The van der Waals surface area contributed by atoms with Crippen LogP contribution in [0.4, 0.5) is 0 Å². The average molecular weight is 448 g/mol. The van der Waals surface area contributed by atoms with Crippen LogP contribution in [0.2, 0.25) is 0 Å². The molecule has 0 spiro atoms. The third-order valence-electron chi connectivity index (χ3n) is 2.99. The smallest absolute Gasteiger partial charge is 0.221 e. The summed E-state index contributed by atoms with van der Waals surface area (Å²) in [6.07, 6.45) is 0.418. The zero-order chi connectivity index (χ0) is 17.1. The highest BCUT2D eigenvalue weighted by molar-refractivity contribution is 14.0. The van der Waals surface area contributed by atoms with Crippen LogP contribution < -0.4 is 20.7 Å². The van der Waals surface area contributed by atoms with Crippen molar-refractivity contribution in [3.05, 3.63) is 29.8 Å². The Labute approximate surface area is 161 Å². The predicted octanol–water partition coefficient (Wildman–Crippen LogP) is 2.28. The molecule has 0 radical (unpaired) electrons. The van der Waals surface area contributed by atoms with Crippen LogP contribution in [0.5, 0.6) is 5.75 Å². The molecule has 136 valence electrons. The largest absolute Gasteiger partial charge is 0.497 e. The molecule has 6 nitrogen and oxygen atoms in total. The maximum Gasteiger partial charge on any atom is 0.221 e. The van der Waals surface area contributed by atoms with Gasteiger partial charge >= 0.3 is 0 Å². The average Bonchev–Trinajstić information content (AvgIpc) is 2.52. The third kappa shape index (κ3) is 9.59. The van der Waals surface area contributed by atoms with Gasteiger partial charge < -0.3 is 20.7 Å². The van der Waals surface area contributed by atoms with Crippen LogP contribution in [0.3, 0.4) is 0 Å². The van der Waals surface area contributed by atoms with E-state index in [4.69, 9.17) is 4.74 Å². The highest BCUT2D eigenvalue weighted by Gasteiger charge is 2.04. The lowest BCUT2D eigenvalue weighted by Gasteiger charge is -2.12. The second-order valence-corrected chi connectivity index (χ2v) is 5.45. The molecule has 3 N–H and O–H groups in total. The monoisotopic (exact) mass is 448 g/mol. The Kier molecular flexibility index (Phi) is 12.0. The molecule has 0 aliphatic heterocycles. The van der Waals surface area contributed by atoms with Gasteiger partial charge in [0.05, 0.1) is 13.7 Å². The number of halogens is 1. The molecule has 1 aromatic rings. The van der Waals surface area contributed by atoms with Crippen LogP contribution in [0.25, 0.3) is 0 Å². The predicted molar refractivity (Wildman–Crippen MR) is 109 cm³/mol. The second kappa shape index (κ2) is 12.9. The van der Waals surface area contributed by atoms with E-state index in [0.29, 0.717) is 25.5 Å². The number of guanidine groups is 1. The van der Waals surface area contributed by atoms with Crippen molar-refractivity contribution in [2.75, 3.05) is 20.2 Å². The Bertz CT molecular complexity index is 521. The van der Waals surface area contributed by atoms with Crippen LogP contribution in [0.15, 0.2) is 29.3 Å². The fourth-order valence-electron chi connectivity index (χ4n) is 1.97. The first-order valence-electron chi connectivity index (χ1n) is 7.99. The summed E-state index contributed by atoms with van der Waals surface area (Å²) < 4.78 is 5.21. The fraction of sp³-hybridized carbons (Fsp3) is 0.529. The zero-order valence-corrected chi connectivity index (χ0v) is 17.2. The molecule has 24 heavy (non-hydrogen) atoms. The number of hydrogen-bond donors (Lipinski definition) is 3. The normalized spacial score (nSPS) is 10.8. The standard InChI is InChI=1S/C17H28N4O2.HI/c1-5-18-17(19-10-9-16(22)21-13(2)3)20-12-14-7-6-8-15(11-14)23-4;/h6-8,11,13H,5,9-10,12H2,1-4H3,(H,21,22)(H2,18,19,20);1H. The van der Waals surface area contributed by atoms with Gasteiger partial charge in [-0.3, -0.25) is 4.79 Å². The summed E-state index contributed by atoms with van der Waals surface area (Å²) in [7, 11) is 1.65. The van der Waals surface area contributed by atoms with Crippen molar-refractivity contribution in [2.45, 2.75) is 39.8 Å². The Morgan fingerprint density at radius 1 is 1.29 bits per heavy atom. The first kappa shape index (κ1) is 22.5. The molecule has 0 aliphatic rings. The number of nitrogens with one attached hydrogen (secondary N) is 3. The highest BCUT2D eigenvalue weighted by Crippen LogP contribution is 2.13. The van der Waals surface area contributed by atoms with Crippen LogP contribution in [-0.2, 0) is 11.3 Å². The van der Waals surface area contributed by atoms with E-state index in [0.717, 1.165) is 17.9 Å². The molecule has 0 bridgehead atoms. The van der Waals surface area contributed by atoms with Gasteiger partial charge in [-0.2, -0.15) is 0 Å². The van der Waals surface area contributed by atoms with E-state index in [1.807, 2.05) is 45.0 Å². The molecular weight excluding hydrogens is 419 g/mol. The number of ether oxygens (including phenoxy) is 1. The lowest BCUT2D eigenvalue weighted by Crippen LogP contribution is -2.40. The number of hydrogen-bond acceptors (Lipinski definition) is 3. The van der Waals surface area contributed by atoms with Gasteiger partial charge in [-0.1, -0.05) is 12.1 Å². The molecule has 1 rings (SSSR count). The molecule has 0 aromatic heterocycles. The molecule has 0 heterocycles. The molecule has 0 atom stereocenters. The Morgan fingerprint density at radius 2 is 2.04 bits per heavy atom. The molecule has 0 aliphatic carbocycles. The first-order valence-corrected chi connectivity index (χ1v) is 7.99. The topological polar surface area (TPSA) is 74.8 Å². The summed E-state index contributed by atoms with van der Waals surface area (Å²) in [4.78, 5) is 16.1. The van der Waals surface area contributed by atoms with Crippen LogP contribution in [0.1, 0.15) is 32.8 Å². The van der Waals surface area contributed by atoms with E-state index in [9.17, 15) is 4.79 Å². The van der Waals surface area contributed by atoms with Gasteiger partial charge in [0.25, 0.3) is 0 Å². The number of aliphatic imine (C=N–C) groups is 1. The molecule has 7 heteroatoms. The molecule has 0 fully saturated rings. The van der Waals surface area contributed by atoms with Crippen LogP contribution in [-0.4, -0.2) is 38.1 Å². The molecule has 0 unspecified atom stereocenters.